The summed E-state index contributed by atoms with van der Waals surface area (Å²) in [6.45, 7) is 4.13. The molecule has 0 aliphatic rings. The van der Waals surface area contributed by atoms with Crippen molar-refractivity contribution >= 4 is 5.91 Å². The van der Waals surface area contributed by atoms with E-state index in [4.69, 9.17) is 15.2 Å². The van der Waals surface area contributed by atoms with Crippen LogP contribution < -0.4 is 20.5 Å². The highest BCUT2D eigenvalue weighted by molar-refractivity contribution is 5.85. The molecule has 0 spiro atoms. The smallest absolute Gasteiger partial charge is 0.240 e. The molecule has 3 N–H and O–H groups in total. The Bertz CT molecular complexity index is 458. The van der Waals surface area contributed by atoms with Crippen LogP contribution >= 0.6 is 0 Å². The molecule has 0 aliphatic carbocycles. The van der Waals surface area contributed by atoms with Crippen LogP contribution in [0.2, 0.25) is 0 Å². The van der Waals surface area contributed by atoms with E-state index in [1.165, 1.54) is 0 Å². The second-order valence-electron chi connectivity index (χ2n) is 5.03. The zero-order valence-corrected chi connectivity index (χ0v) is 12.7. The third-order valence-electron chi connectivity index (χ3n) is 3.22. The quantitative estimate of drug-likeness (QED) is 0.799. The van der Waals surface area contributed by atoms with Gasteiger partial charge in [0.2, 0.25) is 5.91 Å². The number of hydrogen-bond acceptors (Lipinski definition) is 4. The van der Waals surface area contributed by atoms with E-state index in [1.807, 2.05) is 19.1 Å². The molecule has 1 unspecified atom stereocenters. The maximum atomic E-state index is 12.0. The highest BCUT2D eigenvalue weighted by Crippen LogP contribution is 2.24. The number of ether oxygens (including phenoxy) is 2. The molecule has 0 saturated carbocycles. The molecule has 0 bridgehead atoms. The number of benzene rings is 1. The molecule has 0 saturated heterocycles. The fourth-order valence-electron chi connectivity index (χ4n) is 2.01. The molecule has 1 amide bonds. The minimum Gasteiger partial charge on any atom is -0.497 e. The molecular weight excluding hydrogens is 256 g/mol. The van der Waals surface area contributed by atoms with Crippen LogP contribution in [0.25, 0.3) is 0 Å². The highest BCUT2D eigenvalue weighted by atomic mass is 16.5. The summed E-state index contributed by atoms with van der Waals surface area (Å²) in [6, 6.07) is 5.48. The Morgan fingerprint density at radius 2 is 2.05 bits per heavy atom. The number of methoxy groups -OCH3 is 2. The maximum Gasteiger partial charge on any atom is 0.240 e. The van der Waals surface area contributed by atoms with E-state index in [9.17, 15) is 4.79 Å². The lowest BCUT2D eigenvalue weighted by atomic mass is 9.96. The molecule has 1 rings (SSSR count). The summed E-state index contributed by atoms with van der Waals surface area (Å²) in [4.78, 5) is 12.0. The van der Waals surface area contributed by atoms with Crippen LogP contribution in [0, 0.1) is 0 Å². The number of rotatable bonds is 7. The maximum absolute atomic E-state index is 12.0. The molecule has 0 aromatic heterocycles. The predicted molar refractivity (Wildman–Crippen MR) is 78.9 cm³/mol. The number of hydrogen-bond donors (Lipinski definition) is 2. The van der Waals surface area contributed by atoms with Crippen molar-refractivity contribution in [1.29, 1.82) is 0 Å². The van der Waals surface area contributed by atoms with Crippen LogP contribution in [0.15, 0.2) is 18.2 Å². The summed E-state index contributed by atoms with van der Waals surface area (Å²) in [6.07, 6.45) is 1.52. The van der Waals surface area contributed by atoms with Gasteiger partial charge in [-0.3, -0.25) is 4.79 Å². The van der Waals surface area contributed by atoms with E-state index in [2.05, 4.69) is 5.32 Å². The Kier molecular flexibility index (Phi) is 5.82. The molecule has 20 heavy (non-hydrogen) atoms. The van der Waals surface area contributed by atoms with Gasteiger partial charge in [0.15, 0.2) is 0 Å². The Labute approximate surface area is 120 Å². The zero-order valence-electron chi connectivity index (χ0n) is 12.7. The molecule has 1 aromatic carbocycles. The molecule has 5 heteroatoms. The van der Waals surface area contributed by atoms with Crippen LogP contribution in [0.4, 0.5) is 0 Å². The van der Waals surface area contributed by atoms with Gasteiger partial charge in [-0.05, 0) is 25.5 Å². The van der Waals surface area contributed by atoms with Crippen LogP contribution in [0.1, 0.15) is 32.3 Å². The van der Waals surface area contributed by atoms with Gasteiger partial charge in [-0.15, -0.1) is 0 Å². The third-order valence-corrected chi connectivity index (χ3v) is 3.22. The van der Waals surface area contributed by atoms with E-state index in [0.29, 0.717) is 24.5 Å². The van der Waals surface area contributed by atoms with Crippen molar-refractivity contribution in [3.05, 3.63) is 23.8 Å². The summed E-state index contributed by atoms with van der Waals surface area (Å²) in [5.74, 6) is 1.24. The van der Waals surface area contributed by atoms with Gasteiger partial charge in [-0.25, -0.2) is 0 Å². The first-order valence-electron chi connectivity index (χ1n) is 6.72. The first kappa shape index (κ1) is 16.3. The second kappa shape index (κ2) is 7.14. The third kappa shape index (κ3) is 4.13. The largest absolute Gasteiger partial charge is 0.497 e. The SMILES string of the molecule is CCCC(C)(N)C(=O)NCc1ccc(OC)cc1OC. The first-order chi connectivity index (χ1) is 9.44. The number of carbonyl (C=O) groups excluding carboxylic acids is 1. The molecule has 0 fully saturated rings. The Balaban J connectivity index is 2.72. The molecule has 1 aromatic rings. The Hall–Kier alpha value is -1.75. The van der Waals surface area contributed by atoms with E-state index in [0.717, 1.165) is 12.0 Å². The van der Waals surface area contributed by atoms with E-state index in [-0.39, 0.29) is 5.91 Å². The van der Waals surface area contributed by atoms with Gasteiger partial charge in [0.25, 0.3) is 0 Å². The number of nitrogens with two attached hydrogens (primary N) is 1. The fourth-order valence-corrected chi connectivity index (χ4v) is 2.01. The number of amides is 1. The van der Waals surface area contributed by atoms with Gasteiger partial charge < -0.3 is 20.5 Å². The Morgan fingerprint density at radius 1 is 1.35 bits per heavy atom. The van der Waals surface area contributed by atoms with Gasteiger partial charge in [0.05, 0.1) is 19.8 Å². The second-order valence-corrected chi connectivity index (χ2v) is 5.03. The van der Waals surface area contributed by atoms with Crippen molar-refractivity contribution in [3.8, 4) is 11.5 Å². The van der Waals surface area contributed by atoms with Crippen LogP contribution in [-0.2, 0) is 11.3 Å². The predicted octanol–water partition coefficient (Wildman–Crippen LogP) is 1.84. The van der Waals surface area contributed by atoms with Gasteiger partial charge in [-0.1, -0.05) is 13.3 Å². The summed E-state index contributed by atoms with van der Waals surface area (Å²) >= 11 is 0. The van der Waals surface area contributed by atoms with E-state index in [1.54, 1.807) is 27.2 Å². The van der Waals surface area contributed by atoms with Gasteiger partial charge in [0.1, 0.15) is 11.5 Å². The summed E-state index contributed by atoms with van der Waals surface area (Å²) in [7, 11) is 3.19. The fraction of sp³-hybridized carbons (Fsp3) is 0.533. The first-order valence-corrected chi connectivity index (χ1v) is 6.72. The Morgan fingerprint density at radius 3 is 2.60 bits per heavy atom. The summed E-state index contributed by atoms with van der Waals surface area (Å²) in [5, 5.41) is 2.85. The molecule has 0 radical (unpaired) electrons. The molecule has 0 aliphatic heterocycles. The normalized spacial score (nSPS) is 13.4. The van der Waals surface area contributed by atoms with Crippen molar-refractivity contribution in [2.45, 2.75) is 38.8 Å². The van der Waals surface area contributed by atoms with Crippen molar-refractivity contribution in [2.75, 3.05) is 14.2 Å². The van der Waals surface area contributed by atoms with Crippen LogP contribution in [0.3, 0.4) is 0 Å². The lowest BCUT2D eigenvalue weighted by molar-refractivity contribution is -0.126. The van der Waals surface area contributed by atoms with Crippen molar-refractivity contribution in [2.24, 2.45) is 5.73 Å². The van der Waals surface area contributed by atoms with Crippen LogP contribution in [0.5, 0.6) is 11.5 Å². The summed E-state index contributed by atoms with van der Waals surface area (Å²) < 4.78 is 10.4. The van der Waals surface area contributed by atoms with Crippen LogP contribution in [-0.4, -0.2) is 25.7 Å². The molecule has 0 heterocycles. The number of carbonyl (C=O) groups is 1. The summed E-state index contributed by atoms with van der Waals surface area (Å²) in [5.41, 5.74) is 6.03. The van der Waals surface area contributed by atoms with Gasteiger partial charge in [0, 0.05) is 18.2 Å². The van der Waals surface area contributed by atoms with Gasteiger partial charge >= 0.3 is 0 Å². The minimum absolute atomic E-state index is 0.155. The van der Waals surface area contributed by atoms with E-state index >= 15 is 0 Å². The van der Waals surface area contributed by atoms with Gasteiger partial charge in [-0.2, -0.15) is 0 Å². The van der Waals surface area contributed by atoms with Crippen molar-refractivity contribution < 1.29 is 14.3 Å². The van der Waals surface area contributed by atoms with E-state index < -0.39 is 5.54 Å². The topological polar surface area (TPSA) is 73.6 Å². The lowest BCUT2D eigenvalue weighted by Crippen LogP contribution is -2.51. The molecule has 112 valence electrons. The number of nitrogens with one attached hydrogen (secondary N) is 1. The standard InChI is InChI=1S/C15H24N2O3/c1-5-8-15(2,16)14(18)17-10-11-6-7-12(19-3)9-13(11)20-4/h6-7,9H,5,8,10,16H2,1-4H3,(H,17,18). The zero-order chi connectivity index (χ0) is 15.2. The average molecular weight is 280 g/mol. The van der Waals surface area contributed by atoms with Crippen molar-refractivity contribution in [3.63, 3.8) is 0 Å². The highest BCUT2D eigenvalue weighted by Gasteiger charge is 2.26. The molecule has 5 nitrogen and oxygen atoms in total. The lowest BCUT2D eigenvalue weighted by Gasteiger charge is -2.23. The van der Waals surface area contributed by atoms with Crippen molar-refractivity contribution in [1.82, 2.24) is 5.32 Å². The molecular formula is C15H24N2O3. The minimum atomic E-state index is -0.839. The average Bonchev–Trinajstić information content (AvgIpc) is 2.44. The monoisotopic (exact) mass is 280 g/mol. The molecule has 1 atom stereocenters.